The number of hydrogen-bond acceptors (Lipinski definition) is 4. The number of carbonyl (C=O) groups excluding carboxylic acids is 1. The van der Waals surface area contributed by atoms with Crippen molar-refractivity contribution in [3.63, 3.8) is 0 Å². The lowest BCUT2D eigenvalue weighted by Crippen LogP contribution is -2.51. The van der Waals surface area contributed by atoms with E-state index < -0.39 is 5.60 Å². The largest absolute Gasteiger partial charge is 0.458 e. The number of aromatic amines is 1. The van der Waals surface area contributed by atoms with Crippen LogP contribution in [0.5, 0.6) is 0 Å². The molecular weight excluding hydrogens is 482 g/mol. The van der Waals surface area contributed by atoms with Gasteiger partial charge in [-0.15, -0.1) is 0 Å². The number of ether oxygens (including phenoxy) is 1. The molecule has 2 aromatic carbocycles. The maximum absolute atomic E-state index is 12.9. The average molecular weight is 526 g/mol. The summed E-state index contributed by atoms with van der Waals surface area (Å²) in [7, 11) is 2.19. The fourth-order valence-electron chi connectivity index (χ4n) is 6.43. The molecule has 6 rings (SSSR count). The first-order chi connectivity index (χ1) is 18.8. The molecule has 2 bridgehead atoms. The first-order valence-electron chi connectivity index (χ1n) is 14.6. The van der Waals surface area contributed by atoms with Crippen LogP contribution >= 0.6 is 0 Å². The van der Waals surface area contributed by atoms with Crippen molar-refractivity contribution in [1.82, 2.24) is 14.9 Å². The summed E-state index contributed by atoms with van der Waals surface area (Å²) in [5, 5.41) is 0. The molecule has 3 aliphatic rings. The van der Waals surface area contributed by atoms with E-state index in [2.05, 4.69) is 84.5 Å². The van der Waals surface area contributed by atoms with Crippen molar-refractivity contribution in [3.05, 3.63) is 83.8 Å². The van der Waals surface area contributed by atoms with Crippen molar-refractivity contribution in [2.45, 2.75) is 64.9 Å². The number of esters is 1. The Hall–Kier alpha value is -3.18. The number of hydrogen-bond donors (Lipinski definition) is 1. The lowest BCUT2D eigenvalue weighted by Gasteiger charge is -2.50. The molecule has 3 atom stereocenters. The van der Waals surface area contributed by atoms with Crippen LogP contribution in [0, 0.1) is 24.7 Å². The van der Waals surface area contributed by atoms with Crippen LogP contribution < -0.4 is 0 Å². The van der Waals surface area contributed by atoms with Gasteiger partial charge < -0.3 is 14.6 Å². The number of nitrogens with zero attached hydrogens (tertiary/aromatic N) is 2. The molecule has 1 heterocycles. The van der Waals surface area contributed by atoms with Crippen LogP contribution in [0.15, 0.2) is 66.7 Å². The molecule has 0 saturated heterocycles. The van der Waals surface area contributed by atoms with Crippen molar-refractivity contribution >= 4 is 11.5 Å². The summed E-state index contributed by atoms with van der Waals surface area (Å²) < 4.78 is 6.42. The molecule has 5 nitrogen and oxygen atoms in total. The van der Waals surface area contributed by atoms with Gasteiger partial charge in [-0.3, -0.25) is 4.79 Å². The first kappa shape index (κ1) is 27.4. The van der Waals surface area contributed by atoms with Gasteiger partial charge in [-0.1, -0.05) is 80.6 Å². The van der Waals surface area contributed by atoms with E-state index in [0.29, 0.717) is 5.92 Å². The molecule has 1 aromatic heterocycles. The number of nitrogens with one attached hydrogen (secondary N) is 1. The van der Waals surface area contributed by atoms with Crippen molar-refractivity contribution in [3.8, 4) is 11.3 Å². The van der Waals surface area contributed by atoms with E-state index in [4.69, 9.17) is 9.72 Å². The zero-order valence-corrected chi connectivity index (χ0v) is 24.0. The van der Waals surface area contributed by atoms with Crippen LogP contribution in [0.2, 0.25) is 0 Å². The molecule has 1 fully saturated rings. The van der Waals surface area contributed by atoms with E-state index in [-0.39, 0.29) is 17.8 Å². The van der Waals surface area contributed by atoms with Gasteiger partial charge in [0.25, 0.3) is 0 Å². The molecule has 0 unspecified atom stereocenters. The first-order valence-corrected chi connectivity index (χ1v) is 14.6. The fourth-order valence-corrected chi connectivity index (χ4v) is 6.43. The smallest absolute Gasteiger partial charge is 0.308 e. The van der Waals surface area contributed by atoms with E-state index >= 15 is 0 Å². The Kier molecular flexibility index (Phi) is 8.37. The Morgan fingerprint density at radius 1 is 1.05 bits per heavy atom. The molecular formula is C34H43N3O2. The van der Waals surface area contributed by atoms with Crippen molar-refractivity contribution in [2.75, 3.05) is 20.1 Å². The molecule has 3 aromatic rings. The summed E-state index contributed by atoms with van der Waals surface area (Å²) in [5.41, 5.74) is 5.68. The summed E-state index contributed by atoms with van der Waals surface area (Å²) in [4.78, 5) is 23.6. The number of H-pyrrole nitrogens is 1. The van der Waals surface area contributed by atoms with E-state index in [0.717, 1.165) is 68.0 Å². The Bertz CT molecular complexity index is 1280. The highest BCUT2D eigenvalue weighted by Gasteiger charge is 2.50. The molecule has 39 heavy (non-hydrogen) atoms. The number of aromatic nitrogens is 2. The maximum Gasteiger partial charge on any atom is 0.308 e. The Morgan fingerprint density at radius 3 is 2.38 bits per heavy atom. The van der Waals surface area contributed by atoms with Gasteiger partial charge in [0.05, 0.1) is 11.6 Å². The van der Waals surface area contributed by atoms with Gasteiger partial charge in [-0.25, -0.2) is 4.98 Å². The highest BCUT2D eigenvalue weighted by Crippen LogP contribution is 2.53. The second kappa shape index (κ2) is 11.9. The Morgan fingerprint density at radius 2 is 1.74 bits per heavy atom. The van der Waals surface area contributed by atoms with Gasteiger partial charge in [0.15, 0.2) is 0 Å². The molecule has 0 radical (unpaired) electrons. The quantitative estimate of drug-likeness (QED) is 0.272. The summed E-state index contributed by atoms with van der Waals surface area (Å²) in [6.45, 7) is 7.86. The lowest BCUT2D eigenvalue weighted by atomic mass is 9.60. The molecule has 5 heteroatoms. The molecule has 1 N–H and O–H groups in total. The Labute approximate surface area is 233 Å². The number of benzene rings is 2. The fraction of sp³-hybridized carbons (Fsp3) is 0.471. The number of rotatable bonds is 11. The van der Waals surface area contributed by atoms with E-state index in [1.807, 2.05) is 19.9 Å². The van der Waals surface area contributed by atoms with Crippen molar-refractivity contribution in [2.24, 2.45) is 17.8 Å². The SMILES string of the molecule is Cc1[nH]c(CCCN(C)CC[C@]2(OC(=O)C(C)C)C[C@H]3CC[C@@H]2C=C3c2ccccc2)nc1-c1ccccc1. The second-order valence-corrected chi connectivity index (χ2v) is 11.9. The van der Waals surface area contributed by atoms with Crippen LogP contribution in [-0.4, -0.2) is 46.6 Å². The zero-order chi connectivity index (χ0) is 27.4. The highest BCUT2D eigenvalue weighted by molar-refractivity contribution is 5.74. The third kappa shape index (κ3) is 6.19. The molecule has 0 spiro atoms. The topological polar surface area (TPSA) is 58.2 Å². The minimum Gasteiger partial charge on any atom is -0.458 e. The standard InChI is InChI=1S/C34H43N3O2/c1-24(2)33(38)39-34(23-28-17-18-29(34)22-30(28)26-12-7-5-8-13-26)19-21-37(4)20-11-16-31-35-25(3)32(36-31)27-14-9-6-10-15-27/h5-10,12-15,22,24,28-29H,11,16-21,23H2,1-4H3,(H,35,36)/t28-,29-,34+/m1/s1. The predicted molar refractivity (Wildman–Crippen MR) is 158 cm³/mol. The normalized spacial score (nSPS) is 22.4. The maximum atomic E-state index is 12.9. The van der Waals surface area contributed by atoms with E-state index in [9.17, 15) is 4.79 Å². The lowest BCUT2D eigenvalue weighted by molar-refractivity contribution is -0.176. The van der Waals surface area contributed by atoms with Crippen LogP contribution in [0.3, 0.4) is 0 Å². The minimum atomic E-state index is -0.403. The van der Waals surface area contributed by atoms with Crippen LogP contribution in [0.25, 0.3) is 16.8 Å². The monoisotopic (exact) mass is 525 g/mol. The molecule has 3 aliphatic carbocycles. The van der Waals surface area contributed by atoms with E-state index in [1.54, 1.807) is 0 Å². The number of fused-ring (bicyclic) bond motifs is 2. The number of imidazole rings is 1. The van der Waals surface area contributed by atoms with Gasteiger partial charge in [0, 0.05) is 36.6 Å². The van der Waals surface area contributed by atoms with Crippen LogP contribution in [0.1, 0.15) is 63.0 Å². The summed E-state index contributed by atoms with van der Waals surface area (Å²) in [6.07, 6.45) is 8.45. The number of allylic oxidation sites excluding steroid dienone is 1. The second-order valence-electron chi connectivity index (χ2n) is 11.9. The summed E-state index contributed by atoms with van der Waals surface area (Å²) in [6, 6.07) is 21.1. The summed E-state index contributed by atoms with van der Waals surface area (Å²) in [5.74, 6) is 1.59. The molecule has 0 aliphatic heterocycles. The Balaban J connectivity index is 1.21. The third-order valence-corrected chi connectivity index (χ3v) is 8.65. The summed E-state index contributed by atoms with van der Waals surface area (Å²) >= 11 is 0. The average Bonchev–Trinajstić information content (AvgIpc) is 3.33. The van der Waals surface area contributed by atoms with E-state index in [1.165, 1.54) is 17.6 Å². The molecule has 0 amide bonds. The van der Waals surface area contributed by atoms with Gasteiger partial charge in [0.2, 0.25) is 0 Å². The number of carbonyl (C=O) groups is 1. The third-order valence-electron chi connectivity index (χ3n) is 8.65. The predicted octanol–water partition coefficient (Wildman–Crippen LogP) is 7.09. The highest BCUT2D eigenvalue weighted by atomic mass is 16.6. The minimum absolute atomic E-state index is 0.0673. The van der Waals surface area contributed by atoms with Crippen LogP contribution in [-0.2, 0) is 16.0 Å². The van der Waals surface area contributed by atoms with Crippen LogP contribution in [0.4, 0.5) is 0 Å². The van der Waals surface area contributed by atoms with Gasteiger partial charge in [-0.2, -0.15) is 0 Å². The van der Waals surface area contributed by atoms with Crippen molar-refractivity contribution < 1.29 is 9.53 Å². The number of aryl methyl sites for hydroxylation is 2. The van der Waals surface area contributed by atoms with Gasteiger partial charge in [-0.05, 0) is 63.3 Å². The zero-order valence-electron chi connectivity index (χ0n) is 24.0. The van der Waals surface area contributed by atoms with Gasteiger partial charge >= 0.3 is 5.97 Å². The molecule has 1 saturated carbocycles. The van der Waals surface area contributed by atoms with Gasteiger partial charge in [0.1, 0.15) is 11.4 Å². The molecule has 206 valence electrons. The van der Waals surface area contributed by atoms with Crippen molar-refractivity contribution in [1.29, 1.82) is 0 Å².